The van der Waals surface area contributed by atoms with E-state index in [1.54, 1.807) is 0 Å². The zero-order valence-electron chi connectivity index (χ0n) is 11.5. The summed E-state index contributed by atoms with van der Waals surface area (Å²) < 4.78 is 0. The second-order valence-corrected chi connectivity index (χ2v) is 5.64. The molecule has 2 aromatic rings. The van der Waals surface area contributed by atoms with E-state index in [2.05, 4.69) is 18.0 Å². The Balaban J connectivity index is 1.97. The summed E-state index contributed by atoms with van der Waals surface area (Å²) in [7, 11) is 0. The van der Waals surface area contributed by atoms with E-state index in [1.807, 2.05) is 23.1 Å². The average molecular weight is 289 g/mol. The first kappa shape index (κ1) is 13.4. The predicted molar refractivity (Wildman–Crippen MR) is 82.3 cm³/mol. The molecule has 3 nitrogen and oxygen atoms in total. The van der Waals surface area contributed by atoms with Crippen molar-refractivity contribution >= 4 is 34.2 Å². The van der Waals surface area contributed by atoms with Gasteiger partial charge in [0.15, 0.2) is 0 Å². The number of halogens is 1. The molecule has 0 aliphatic carbocycles. The Morgan fingerprint density at radius 1 is 1.40 bits per heavy atom. The minimum Gasteiger partial charge on any atom is -0.296 e. The van der Waals surface area contributed by atoms with Crippen LogP contribution in [-0.4, -0.2) is 17.4 Å². The molecule has 0 saturated heterocycles. The van der Waals surface area contributed by atoms with Gasteiger partial charge in [-0.25, -0.2) is 4.98 Å². The van der Waals surface area contributed by atoms with Crippen LogP contribution in [0.5, 0.6) is 0 Å². The summed E-state index contributed by atoms with van der Waals surface area (Å²) in [6.45, 7) is 2.84. The number of hydrogen-bond donors (Lipinski definition) is 0. The number of pyridine rings is 1. The van der Waals surface area contributed by atoms with Gasteiger partial charge in [-0.1, -0.05) is 24.9 Å². The lowest BCUT2D eigenvalue weighted by Crippen LogP contribution is -2.29. The molecule has 104 valence electrons. The fourth-order valence-corrected chi connectivity index (χ4v) is 2.82. The summed E-state index contributed by atoms with van der Waals surface area (Å²) in [6.07, 6.45) is 3.46. The van der Waals surface area contributed by atoms with Gasteiger partial charge >= 0.3 is 0 Å². The largest absolute Gasteiger partial charge is 0.296 e. The normalized spacial score (nSPS) is 13.8. The van der Waals surface area contributed by atoms with E-state index in [-0.39, 0.29) is 5.91 Å². The van der Waals surface area contributed by atoms with Crippen LogP contribution in [0.2, 0.25) is 5.02 Å². The highest BCUT2D eigenvalue weighted by atomic mass is 35.5. The lowest BCUT2D eigenvalue weighted by molar-refractivity contribution is -0.118. The molecular weight excluding hydrogens is 272 g/mol. The van der Waals surface area contributed by atoms with Gasteiger partial charge in [0.1, 0.15) is 5.82 Å². The molecule has 0 saturated carbocycles. The maximum atomic E-state index is 12.2. The quantitative estimate of drug-likeness (QED) is 0.856. The minimum absolute atomic E-state index is 0.186. The van der Waals surface area contributed by atoms with Crippen LogP contribution in [-0.2, 0) is 11.2 Å². The summed E-state index contributed by atoms with van der Waals surface area (Å²) in [5, 5.41) is 1.76. The number of benzene rings is 1. The third-order valence-electron chi connectivity index (χ3n) is 3.74. The third-order valence-corrected chi connectivity index (χ3v) is 3.97. The van der Waals surface area contributed by atoms with E-state index in [1.165, 1.54) is 0 Å². The molecule has 0 fully saturated rings. The summed E-state index contributed by atoms with van der Waals surface area (Å²) in [4.78, 5) is 18.7. The van der Waals surface area contributed by atoms with Crippen LogP contribution < -0.4 is 4.90 Å². The second kappa shape index (κ2) is 5.41. The van der Waals surface area contributed by atoms with Gasteiger partial charge in [-0.05, 0) is 42.7 Å². The Bertz CT molecular complexity index is 669. The number of aromatic nitrogens is 1. The molecule has 0 unspecified atom stereocenters. The number of anilines is 1. The Kier molecular flexibility index (Phi) is 3.62. The van der Waals surface area contributed by atoms with Crippen LogP contribution in [0.25, 0.3) is 10.9 Å². The topological polar surface area (TPSA) is 33.2 Å². The number of hydrogen-bond acceptors (Lipinski definition) is 2. The predicted octanol–water partition coefficient (Wildman–Crippen LogP) is 3.97. The molecule has 2 heterocycles. The molecular formula is C16H17ClN2O. The third kappa shape index (κ3) is 2.38. The Hall–Kier alpha value is -1.61. The number of amides is 1. The van der Waals surface area contributed by atoms with Gasteiger partial charge in [0, 0.05) is 23.4 Å². The van der Waals surface area contributed by atoms with Gasteiger partial charge in [0.05, 0.1) is 5.52 Å². The van der Waals surface area contributed by atoms with E-state index < -0.39 is 0 Å². The van der Waals surface area contributed by atoms with Gasteiger partial charge in [0.25, 0.3) is 0 Å². The van der Waals surface area contributed by atoms with Crippen LogP contribution in [0.1, 0.15) is 31.7 Å². The van der Waals surface area contributed by atoms with Gasteiger partial charge in [0.2, 0.25) is 5.91 Å². The fraction of sp³-hybridized carbons (Fsp3) is 0.375. The lowest BCUT2D eigenvalue weighted by atomic mass is 10.1. The van der Waals surface area contributed by atoms with Crippen molar-refractivity contribution < 1.29 is 4.79 Å². The molecule has 1 aliphatic rings. The van der Waals surface area contributed by atoms with Crippen molar-refractivity contribution in [2.75, 3.05) is 11.4 Å². The summed E-state index contributed by atoms with van der Waals surface area (Å²) in [5.74, 6) is 1.02. The average Bonchev–Trinajstić information content (AvgIpc) is 2.85. The maximum absolute atomic E-state index is 12.2. The summed E-state index contributed by atoms with van der Waals surface area (Å²) in [6, 6.07) is 7.77. The van der Waals surface area contributed by atoms with Gasteiger partial charge in [-0.15, -0.1) is 0 Å². The highest BCUT2D eigenvalue weighted by Gasteiger charge is 2.26. The molecule has 0 radical (unpaired) electrons. The molecule has 1 aromatic carbocycles. The zero-order chi connectivity index (χ0) is 14.1. The molecule has 0 spiro atoms. The van der Waals surface area contributed by atoms with Crippen molar-refractivity contribution in [2.45, 2.75) is 32.6 Å². The van der Waals surface area contributed by atoms with Crippen LogP contribution in [0, 0.1) is 0 Å². The standard InChI is InChI=1S/C16H17ClN2O/c1-2-3-4-15(20)19-8-7-11-9-12-10-13(17)5-6-14(12)18-16(11)19/h5-6,9-10H,2-4,7-8H2,1H3. The maximum Gasteiger partial charge on any atom is 0.228 e. The minimum atomic E-state index is 0.186. The number of rotatable bonds is 3. The lowest BCUT2D eigenvalue weighted by Gasteiger charge is -2.16. The molecule has 0 bridgehead atoms. The highest BCUT2D eigenvalue weighted by Crippen LogP contribution is 2.31. The van der Waals surface area contributed by atoms with Crippen LogP contribution >= 0.6 is 11.6 Å². The number of nitrogens with zero attached hydrogens (tertiary/aromatic N) is 2. The van der Waals surface area contributed by atoms with Crippen molar-refractivity contribution in [2.24, 2.45) is 0 Å². The molecule has 1 aromatic heterocycles. The van der Waals surface area contributed by atoms with E-state index in [0.29, 0.717) is 11.4 Å². The molecule has 1 amide bonds. The van der Waals surface area contributed by atoms with E-state index in [4.69, 9.17) is 11.6 Å². The second-order valence-electron chi connectivity index (χ2n) is 5.21. The van der Waals surface area contributed by atoms with Crippen molar-refractivity contribution in [1.29, 1.82) is 0 Å². The van der Waals surface area contributed by atoms with Crippen LogP contribution in [0.4, 0.5) is 5.82 Å². The van der Waals surface area contributed by atoms with E-state index in [9.17, 15) is 4.79 Å². The Morgan fingerprint density at radius 2 is 2.25 bits per heavy atom. The summed E-state index contributed by atoms with van der Waals surface area (Å²) in [5.41, 5.74) is 2.04. The van der Waals surface area contributed by atoms with Gasteiger partial charge < -0.3 is 0 Å². The first-order valence-electron chi connectivity index (χ1n) is 7.08. The van der Waals surface area contributed by atoms with Crippen molar-refractivity contribution in [1.82, 2.24) is 4.98 Å². The van der Waals surface area contributed by atoms with Crippen LogP contribution in [0.15, 0.2) is 24.3 Å². The number of unbranched alkanes of at least 4 members (excludes halogenated alkanes) is 1. The molecule has 20 heavy (non-hydrogen) atoms. The van der Waals surface area contributed by atoms with E-state index >= 15 is 0 Å². The fourth-order valence-electron chi connectivity index (χ4n) is 2.64. The van der Waals surface area contributed by atoms with Crippen LogP contribution in [0.3, 0.4) is 0 Å². The highest BCUT2D eigenvalue weighted by molar-refractivity contribution is 6.31. The van der Waals surface area contributed by atoms with E-state index in [0.717, 1.165) is 48.1 Å². The molecule has 1 aliphatic heterocycles. The summed E-state index contributed by atoms with van der Waals surface area (Å²) >= 11 is 6.01. The monoisotopic (exact) mass is 288 g/mol. The Morgan fingerprint density at radius 3 is 3.05 bits per heavy atom. The number of carbonyl (C=O) groups is 1. The first-order chi connectivity index (χ1) is 9.69. The SMILES string of the molecule is CCCCC(=O)N1CCc2cc3cc(Cl)ccc3nc21. The van der Waals surface area contributed by atoms with Crippen molar-refractivity contribution in [3.8, 4) is 0 Å². The molecule has 0 atom stereocenters. The smallest absolute Gasteiger partial charge is 0.228 e. The molecule has 3 rings (SSSR count). The van der Waals surface area contributed by atoms with Gasteiger partial charge in [-0.2, -0.15) is 0 Å². The van der Waals surface area contributed by atoms with Crippen molar-refractivity contribution in [3.05, 3.63) is 34.9 Å². The molecule has 0 N–H and O–H groups in total. The number of fused-ring (bicyclic) bond motifs is 2. The number of carbonyl (C=O) groups excluding carboxylic acids is 1. The molecule has 4 heteroatoms. The van der Waals surface area contributed by atoms with Gasteiger partial charge in [-0.3, -0.25) is 9.69 Å². The van der Waals surface area contributed by atoms with Crippen molar-refractivity contribution in [3.63, 3.8) is 0 Å². The zero-order valence-corrected chi connectivity index (χ0v) is 12.3. The Labute approximate surface area is 123 Å². The first-order valence-corrected chi connectivity index (χ1v) is 7.46.